The van der Waals surface area contributed by atoms with Gasteiger partial charge in [-0.1, -0.05) is 28.9 Å². The summed E-state index contributed by atoms with van der Waals surface area (Å²) in [6.45, 7) is 3.05. The first-order valence-electron chi connectivity index (χ1n) is 5.04. The van der Waals surface area contributed by atoms with Crippen molar-refractivity contribution in [2.75, 3.05) is 0 Å². The molecule has 1 aromatic heterocycles. The van der Waals surface area contributed by atoms with Gasteiger partial charge in [-0.05, 0) is 24.6 Å². The quantitative estimate of drug-likeness (QED) is 0.883. The maximum atomic E-state index is 5.92. The fourth-order valence-corrected chi connectivity index (χ4v) is 1.76. The van der Waals surface area contributed by atoms with Crippen LogP contribution in [-0.2, 0) is 13.1 Å². The van der Waals surface area contributed by atoms with Crippen molar-refractivity contribution in [3.05, 3.63) is 46.2 Å². The van der Waals surface area contributed by atoms with Crippen LogP contribution in [-0.4, -0.2) is 15.0 Å². The average molecular weight is 237 g/mol. The summed E-state index contributed by atoms with van der Waals surface area (Å²) < 4.78 is 1.83. The van der Waals surface area contributed by atoms with E-state index in [0.717, 1.165) is 22.0 Å². The zero-order valence-electron chi connectivity index (χ0n) is 9.02. The largest absolute Gasteiger partial charge is 0.325 e. The summed E-state index contributed by atoms with van der Waals surface area (Å²) in [5.74, 6) is 0. The Labute approximate surface area is 99.0 Å². The minimum atomic E-state index is 0.418. The third kappa shape index (κ3) is 2.23. The van der Waals surface area contributed by atoms with Crippen molar-refractivity contribution >= 4 is 11.6 Å². The standard InChI is InChI=1S/C11H13ClN4/c1-8-11(6-13)14-15-16(8)7-9-3-2-4-10(12)5-9/h2-5H,6-7,13H2,1H3. The molecule has 84 valence electrons. The lowest BCUT2D eigenvalue weighted by atomic mass is 10.2. The molecule has 0 spiro atoms. The highest BCUT2D eigenvalue weighted by molar-refractivity contribution is 6.30. The molecule has 1 aromatic carbocycles. The van der Waals surface area contributed by atoms with Gasteiger partial charge in [0.25, 0.3) is 0 Å². The Bertz CT molecular complexity index is 492. The van der Waals surface area contributed by atoms with E-state index in [2.05, 4.69) is 10.3 Å². The van der Waals surface area contributed by atoms with Gasteiger partial charge in [-0.3, -0.25) is 0 Å². The van der Waals surface area contributed by atoms with Crippen LogP contribution in [0.1, 0.15) is 17.0 Å². The minimum Gasteiger partial charge on any atom is -0.325 e. The van der Waals surface area contributed by atoms with Gasteiger partial charge < -0.3 is 5.73 Å². The molecule has 5 heteroatoms. The third-order valence-electron chi connectivity index (χ3n) is 2.49. The number of hydrogen-bond acceptors (Lipinski definition) is 3. The first-order valence-corrected chi connectivity index (χ1v) is 5.42. The van der Waals surface area contributed by atoms with Crippen LogP contribution >= 0.6 is 11.6 Å². The van der Waals surface area contributed by atoms with Crippen molar-refractivity contribution in [3.63, 3.8) is 0 Å². The lowest BCUT2D eigenvalue weighted by molar-refractivity contribution is 0.633. The van der Waals surface area contributed by atoms with Crippen LogP contribution < -0.4 is 5.73 Å². The summed E-state index contributed by atoms with van der Waals surface area (Å²) in [5.41, 5.74) is 8.48. The highest BCUT2D eigenvalue weighted by Gasteiger charge is 2.06. The van der Waals surface area contributed by atoms with E-state index < -0.39 is 0 Å². The average Bonchev–Trinajstić information content (AvgIpc) is 2.60. The molecule has 0 atom stereocenters. The predicted molar refractivity (Wildman–Crippen MR) is 63.2 cm³/mol. The number of nitrogens with two attached hydrogens (primary N) is 1. The maximum absolute atomic E-state index is 5.92. The number of aromatic nitrogens is 3. The summed E-state index contributed by atoms with van der Waals surface area (Å²) in [7, 11) is 0. The van der Waals surface area contributed by atoms with Crippen molar-refractivity contribution in [3.8, 4) is 0 Å². The Balaban J connectivity index is 2.24. The van der Waals surface area contributed by atoms with E-state index in [1.807, 2.05) is 35.9 Å². The fourth-order valence-electron chi connectivity index (χ4n) is 1.54. The summed E-state index contributed by atoms with van der Waals surface area (Å²) in [5, 5.41) is 8.79. The topological polar surface area (TPSA) is 56.7 Å². The molecular weight excluding hydrogens is 224 g/mol. The second-order valence-corrected chi connectivity index (χ2v) is 4.05. The molecule has 2 rings (SSSR count). The van der Waals surface area contributed by atoms with Gasteiger partial charge in [0.15, 0.2) is 0 Å². The number of benzene rings is 1. The highest BCUT2D eigenvalue weighted by atomic mass is 35.5. The zero-order valence-corrected chi connectivity index (χ0v) is 9.78. The van der Waals surface area contributed by atoms with Crippen LogP contribution in [0.15, 0.2) is 24.3 Å². The number of nitrogens with zero attached hydrogens (tertiary/aromatic N) is 3. The lowest BCUT2D eigenvalue weighted by Gasteiger charge is -2.04. The normalized spacial score (nSPS) is 10.7. The van der Waals surface area contributed by atoms with E-state index >= 15 is 0 Å². The monoisotopic (exact) mass is 236 g/mol. The van der Waals surface area contributed by atoms with Gasteiger partial charge in [0, 0.05) is 11.6 Å². The van der Waals surface area contributed by atoms with E-state index in [4.69, 9.17) is 17.3 Å². The van der Waals surface area contributed by atoms with Gasteiger partial charge in [-0.15, -0.1) is 5.10 Å². The third-order valence-corrected chi connectivity index (χ3v) is 2.73. The predicted octanol–water partition coefficient (Wildman–Crippen LogP) is 1.75. The molecule has 0 amide bonds. The van der Waals surface area contributed by atoms with Crippen molar-refractivity contribution < 1.29 is 0 Å². The van der Waals surface area contributed by atoms with Crippen molar-refractivity contribution in [1.29, 1.82) is 0 Å². The molecule has 2 aromatic rings. The second kappa shape index (κ2) is 4.63. The molecular formula is C11H13ClN4. The van der Waals surface area contributed by atoms with Gasteiger partial charge in [0.1, 0.15) is 0 Å². The van der Waals surface area contributed by atoms with Gasteiger partial charge in [0.2, 0.25) is 0 Å². The molecule has 0 aliphatic rings. The molecule has 0 aliphatic heterocycles. The summed E-state index contributed by atoms with van der Waals surface area (Å²) in [4.78, 5) is 0. The fraction of sp³-hybridized carbons (Fsp3) is 0.273. The molecule has 0 saturated heterocycles. The Morgan fingerprint density at radius 1 is 1.44 bits per heavy atom. The maximum Gasteiger partial charge on any atom is 0.0991 e. The highest BCUT2D eigenvalue weighted by Crippen LogP contribution is 2.12. The van der Waals surface area contributed by atoms with Crippen LogP contribution in [0.3, 0.4) is 0 Å². The van der Waals surface area contributed by atoms with Crippen LogP contribution in [0.25, 0.3) is 0 Å². The van der Waals surface area contributed by atoms with Crippen LogP contribution in [0, 0.1) is 6.92 Å². The van der Waals surface area contributed by atoms with Crippen molar-refractivity contribution in [2.45, 2.75) is 20.0 Å². The van der Waals surface area contributed by atoms with E-state index in [0.29, 0.717) is 13.1 Å². The first-order chi connectivity index (χ1) is 7.70. The van der Waals surface area contributed by atoms with E-state index in [-0.39, 0.29) is 0 Å². The van der Waals surface area contributed by atoms with Crippen molar-refractivity contribution in [2.24, 2.45) is 5.73 Å². The van der Waals surface area contributed by atoms with E-state index in [1.165, 1.54) is 0 Å². The summed E-state index contributed by atoms with van der Waals surface area (Å²) >= 11 is 5.92. The lowest BCUT2D eigenvalue weighted by Crippen LogP contribution is -2.05. The van der Waals surface area contributed by atoms with Gasteiger partial charge in [0.05, 0.1) is 17.9 Å². The zero-order chi connectivity index (χ0) is 11.5. The van der Waals surface area contributed by atoms with Crippen LogP contribution in [0.5, 0.6) is 0 Å². The Kier molecular flexibility index (Phi) is 3.22. The Hall–Kier alpha value is -1.39. The molecule has 0 bridgehead atoms. The molecule has 16 heavy (non-hydrogen) atoms. The molecule has 0 unspecified atom stereocenters. The summed E-state index contributed by atoms with van der Waals surface area (Å²) in [6, 6.07) is 7.71. The molecule has 1 heterocycles. The minimum absolute atomic E-state index is 0.418. The van der Waals surface area contributed by atoms with E-state index in [9.17, 15) is 0 Å². The first kappa shape index (κ1) is 11.1. The summed E-state index contributed by atoms with van der Waals surface area (Å²) in [6.07, 6.45) is 0. The molecule has 0 radical (unpaired) electrons. The smallest absolute Gasteiger partial charge is 0.0991 e. The SMILES string of the molecule is Cc1c(CN)nnn1Cc1cccc(Cl)c1. The molecule has 4 nitrogen and oxygen atoms in total. The molecule has 2 N–H and O–H groups in total. The number of halogens is 1. The van der Waals surface area contributed by atoms with Crippen LogP contribution in [0.2, 0.25) is 5.02 Å². The molecule has 0 fully saturated rings. The number of rotatable bonds is 3. The van der Waals surface area contributed by atoms with Gasteiger partial charge in [-0.25, -0.2) is 4.68 Å². The van der Waals surface area contributed by atoms with E-state index in [1.54, 1.807) is 0 Å². The Morgan fingerprint density at radius 3 is 2.88 bits per heavy atom. The van der Waals surface area contributed by atoms with Gasteiger partial charge >= 0.3 is 0 Å². The Morgan fingerprint density at radius 2 is 2.25 bits per heavy atom. The number of hydrogen-bond donors (Lipinski definition) is 1. The molecule has 0 saturated carbocycles. The van der Waals surface area contributed by atoms with Crippen molar-refractivity contribution in [1.82, 2.24) is 15.0 Å². The molecule has 0 aliphatic carbocycles. The van der Waals surface area contributed by atoms with Crippen LogP contribution in [0.4, 0.5) is 0 Å². The second-order valence-electron chi connectivity index (χ2n) is 3.61. The van der Waals surface area contributed by atoms with Gasteiger partial charge in [-0.2, -0.15) is 0 Å².